The Morgan fingerprint density at radius 1 is 1.48 bits per heavy atom. The SMILES string of the molecule is C[C@]1(C(=O)NCc2ccnc(-n3cccn3)c2)CC1(Cl)Cl. The van der Waals surface area contributed by atoms with Crippen molar-refractivity contribution in [1.29, 1.82) is 0 Å². The zero-order valence-electron chi connectivity index (χ0n) is 11.4. The van der Waals surface area contributed by atoms with Crippen molar-refractivity contribution in [2.45, 2.75) is 24.2 Å². The van der Waals surface area contributed by atoms with Gasteiger partial charge in [-0.05, 0) is 37.1 Å². The van der Waals surface area contributed by atoms with E-state index < -0.39 is 9.75 Å². The van der Waals surface area contributed by atoms with Gasteiger partial charge in [0.05, 0.1) is 5.41 Å². The molecule has 21 heavy (non-hydrogen) atoms. The van der Waals surface area contributed by atoms with Crippen LogP contribution < -0.4 is 5.32 Å². The summed E-state index contributed by atoms with van der Waals surface area (Å²) in [5.74, 6) is 0.568. The quantitative estimate of drug-likeness (QED) is 0.879. The van der Waals surface area contributed by atoms with Gasteiger partial charge < -0.3 is 5.32 Å². The third kappa shape index (κ3) is 2.63. The van der Waals surface area contributed by atoms with E-state index in [1.54, 1.807) is 24.0 Å². The molecule has 0 radical (unpaired) electrons. The van der Waals surface area contributed by atoms with Gasteiger partial charge in [-0.25, -0.2) is 9.67 Å². The minimum atomic E-state index is -0.949. The lowest BCUT2D eigenvalue weighted by Gasteiger charge is -2.13. The third-order valence-corrected chi connectivity index (χ3v) is 4.86. The maximum absolute atomic E-state index is 12.1. The van der Waals surface area contributed by atoms with Gasteiger partial charge in [-0.3, -0.25) is 4.79 Å². The average Bonchev–Trinajstić information content (AvgIpc) is 2.88. The topological polar surface area (TPSA) is 59.8 Å². The van der Waals surface area contributed by atoms with Crippen molar-refractivity contribution in [3.63, 3.8) is 0 Å². The number of alkyl halides is 2. The number of hydrogen-bond donors (Lipinski definition) is 1. The van der Waals surface area contributed by atoms with E-state index in [0.29, 0.717) is 18.8 Å². The summed E-state index contributed by atoms with van der Waals surface area (Å²) in [6.45, 7) is 2.17. The molecule has 0 aliphatic heterocycles. The standard InChI is InChI=1S/C14H14Cl2N4O/c1-13(9-14(13,15)16)12(21)18-8-10-3-5-17-11(7-10)20-6-2-4-19-20/h2-7H,8-9H2,1H3,(H,18,21)/t13-/m1/s1. The number of nitrogens with one attached hydrogen (secondary N) is 1. The van der Waals surface area contributed by atoms with Gasteiger partial charge in [0.2, 0.25) is 5.91 Å². The van der Waals surface area contributed by atoms with E-state index in [4.69, 9.17) is 23.2 Å². The number of nitrogens with zero attached hydrogens (tertiary/aromatic N) is 3. The third-order valence-electron chi connectivity index (χ3n) is 3.76. The molecule has 1 N–H and O–H groups in total. The van der Waals surface area contributed by atoms with Gasteiger partial charge >= 0.3 is 0 Å². The molecule has 2 aromatic rings. The predicted octanol–water partition coefficient (Wildman–Crippen LogP) is 2.47. The highest BCUT2D eigenvalue weighted by atomic mass is 35.5. The molecule has 0 aromatic carbocycles. The van der Waals surface area contributed by atoms with Gasteiger partial charge in [0, 0.05) is 25.1 Å². The lowest BCUT2D eigenvalue weighted by molar-refractivity contribution is -0.125. The largest absolute Gasteiger partial charge is 0.351 e. The molecule has 1 amide bonds. The molecule has 0 unspecified atom stereocenters. The molecule has 0 spiro atoms. The number of halogens is 2. The minimum absolute atomic E-state index is 0.134. The molecule has 5 nitrogen and oxygen atoms in total. The van der Waals surface area contributed by atoms with Gasteiger partial charge in [-0.2, -0.15) is 5.10 Å². The number of amides is 1. The zero-order chi connectivity index (χ0) is 15.1. The molecule has 1 saturated carbocycles. The smallest absolute Gasteiger partial charge is 0.229 e. The second kappa shape index (κ2) is 5.00. The fourth-order valence-electron chi connectivity index (χ4n) is 2.12. The number of carbonyl (C=O) groups is 1. The van der Waals surface area contributed by atoms with E-state index in [-0.39, 0.29) is 5.91 Å². The molecule has 110 valence electrons. The highest BCUT2D eigenvalue weighted by molar-refractivity contribution is 6.53. The molecular weight excluding hydrogens is 311 g/mol. The van der Waals surface area contributed by atoms with E-state index >= 15 is 0 Å². The fourth-order valence-corrected chi connectivity index (χ4v) is 2.83. The van der Waals surface area contributed by atoms with Crippen LogP contribution in [0.3, 0.4) is 0 Å². The molecule has 1 aliphatic rings. The first-order valence-electron chi connectivity index (χ1n) is 6.53. The van der Waals surface area contributed by atoms with Crippen molar-refractivity contribution in [3.05, 3.63) is 42.4 Å². The average molecular weight is 325 g/mol. The Morgan fingerprint density at radius 3 is 2.86 bits per heavy atom. The van der Waals surface area contributed by atoms with Crippen LogP contribution >= 0.6 is 23.2 Å². The van der Waals surface area contributed by atoms with E-state index in [9.17, 15) is 4.79 Å². The number of pyridine rings is 1. The summed E-state index contributed by atoms with van der Waals surface area (Å²) in [7, 11) is 0. The van der Waals surface area contributed by atoms with Crippen LogP contribution in [0, 0.1) is 5.41 Å². The summed E-state index contributed by atoms with van der Waals surface area (Å²) in [6.07, 6.45) is 5.66. The highest BCUT2D eigenvalue weighted by Crippen LogP contribution is 2.63. The molecule has 0 saturated heterocycles. The second-order valence-electron chi connectivity index (χ2n) is 5.37. The maximum atomic E-state index is 12.1. The predicted molar refractivity (Wildman–Crippen MR) is 80.4 cm³/mol. The molecule has 2 heterocycles. The van der Waals surface area contributed by atoms with Crippen LogP contribution in [0.2, 0.25) is 0 Å². The number of hydrogen-bond acceptors (Lipinski definition) is 3. The molecule has 2 aromatic heterocycles. The van der Waals surface area contributed by atoms with E-state index in [1.165, 1.54) is 0 Å². The first-order valence-corrected chi connectivity index (χ1v) is 7.29. The maximum Gasteiger partial charge on any atom is 0.229 e. The van der Waals surface area contributed by atoms with Crippen molar-refractivity contribution >= 4 is 29.1 Å². The lowest BCUT2D eigenvalue weighted by atomic mass is 10.1. The monoisotopic (exact) mass is 324 g/mol. The first kappa shape index (κ1) is 14.4. The molecule has 7 heteroatoms. The van der Waals surface area contributed by atoms with Crippen molar-refractivity contribution in [3.8, 4) is 5.82 Å². The van der Waals surface area contributed by atoms with Gasteiger partial charge in [-0.1, -0.05) is 0 Å². The normalized spacial score (nSPS) is 22.8. The van der Waals surface area contributed by atoms with Crippen LogP contribution in [-0.4, -0.2) is 25.0 Å². The number of rotatable bonds is 4. The molecule has 3 rings (SSSR count). The molecule has 1 aliphatic carbocycles. The van der Waals surface area contributed by atoms with Gasteiger partial charge in [0.15, 0.2) is 5.82 Å². The Morgan fingerprint density at radius 2 is 2.24 bits per heavy atom. The van der Waals surface area contributed by atoms with Crippen LogP contribution in [0.1, 0.15) is 18.9 Å². The van der Waals surface area contributed by atoms with E-state index in [0.717, 1.165) is 5.56 Å². The van der Waals surface area contributed by atoms with E-state index in [2.05, 4.69) is 15.4 Å². The Hall–Kier alpha value is -1.59. The summed E-state index contributed by atoms with van der Waals surface area (Å²) in [5, 5.41) is 6.99. The van der Waals surface area contributed by atoms with Crippen LogP contribution in [0.25, 0.3) is 5.82 Å². The Balaban J connectivity index is 1.67. The lowest BCUT2D eigenvalue weighted by Crippen LogP contribution is -2.32. The molecule has 1 fully saturated rings. The highest BCUT2D eigenvalue weighted by Gasteiger charge is 2.67. The van der Waals surface area contributed by atoms with Gasteiger partial charge in [-0.15, -0.1) is 23.2 Å². The van der Waals surface area contributed by atoms with Gasteiger partial charge in [0.1, 0.15) is 4.33 Å². The Labute approximate surface area is 132 Å². The second-order valence-corrected chi connectivity index (χ2v) is 6.85. The minimum Gasteiger partial charge on any atom is -0.351 e. The Bertz CT molecular complexity index is 671. The summed E-state index contributed by atoms with van der Waals surface area (Å²) in [6, 6.07) is 5.54. The summed E-state index contributed by atoms with van der Waals surface area (Å²) in [4.78, 5) is 16.4. The first-order chi connectivity index (χ1) is 9.92. The van der Waals surface area contributed by atoms with Crippen molar-refractivity contribution in [1.82, 2.24) is 20.1 Å². The summed E-state index contributed by atoms with van der Waals surface area (Å²) < 4.78 is 0.714. The van der Waals surface area contributed by atoms with E-state index in [1.807, 2.05) is 24.4 Å². The van der Waals surface area contributed by atoms with Crippen LogP contribution in [0.4, 0.5) is 0 Å². The van der Waals surface area contributed by atoms with Crippen molar-refractivity contribution in [2.75, 3.05) is 0 Å². The van der Waals surface area contributed by atoms with Crippen LogP contribution in [0.15, 0.2) is 36.8 Å². The van der Waals surface area contributed by atoms with Crippen molar-refractivity contribution < 1.29 is 4.79 Å². The van der Waals surface area contributed by atoms with Gasteiger partial charge in [0.25, 0.3) is 0 Å². The van der Waals surface area contributed by atoms with Crippen LogP contribution in [-0.2, 0) is 11.3 Å². The van der Waals surface area contributed by atoms with Crippen LogP contribution in [0.5, 0.6) is 0 Å². The number of carbonyl (C=O) groups excluding carboxylic acids is 1. The van der Waals surface area contributed by atoms with Crippen molar-refractivity contribution in [2.24, 2.45) is 5.41 Å². The number of aromatic nitrogens is 3. The Kier molecular flexibility index (Phi) is 3.42. The molecule has 0 bridgehead atoms. The molecule has 1 atom stereocenters. The fraction of sp³-hybridized carbons (Fsp3) is 0.357. The summed E-state index contributed by atoms with van der Waals surface area (Å²) in [5.41, 5.74) is 0.233. The zero-order valence-corrected chi connectivity index (χ0v) is 12.9. The molecular formula is C14H14Cl2N4O. The summed E-state index contributed by atoms with van der Waals surface area (Å²) >= 11 is 12.0.